The van der Waals surface area contributed by atoms with Crippen LogP contribution < -0.4 is 0 Å². The average molecular weight is 116 g/mol. The maximum absolute atomic E-state index is 10.4. The van der Waals surface area contributed by atoms with Crippen molar-refractivity contribution in [2.24, 2.45) is 0 Å². The van der Waals surface area contributed by atoms with E-state index < -0.39 is 0 Å². The van der Waals surface area contributed by atoms with E-state index in [1.54, 1.807) is 0 Å². The summed E-state index contributed by atoms with van der Waals surface area (Å²) in [4.78, 5) is 15.1. The summed E-state index contributed by atoms with van der Waals surface area (Å²) in [6.45, 7) is 5.40. The minimum atomic E-state index is -0.0880. The molecule has 0 radical (unpaired) electrons. The molecular weight excluding hydrogens is 106 g/mol. The number of carbonyl (C=O) groups excluding carboxylic acids is 1. The standard InChI is InChI=1S/C5H10NO2/c1-3-6(4-2)5(7)8-6/h3-4H2,1-2H3/q+1. The molecule has 46 valence electrons. The second kappa shape index (κ2) is 1.45. The fraction of sp³-hybridized carbons (Fsp3) is 0.800. The molecule has 1 rings (SSSR count). The summed E-state index contributed by atoms with van der Waals surface area (Å²) in [6, 6.07) is 0. The molecule has 1 fully saturated rings. The van der Waals surface area contributed by atoms with Gasteiger partial charge < -0.3 is 0 Å². The Hall–Kier alpha value is -0.570. The highest BCUT2D eigenvalue weighted by Crippen LogP contribution is 2.25. The van der Waals surface area contributed by atoms with Gasteiger partial charge in [-0.1, -0.05) is 0 Å². The zero-order chi connectivity index (χ0) is 6.20. The van der Waals surface area contributed by atoms with Crippen molar-refractivity contribution >= 4 is 6.09 Å². The summed E-state index contributed by atoms with van der Waals surface area (Å²) < 4.78 is 0.236. The van der Waals surface area contributed by atoms with Crippen LogP contribution in [0.3, 0.4) is 0 Å². The minimum absolute atomic E-state index is 0.0880. The second-order valence-electron chi connectivity index (χ2n) is 1.88. The lowest BCUT2D eigenvalue weighted by Crippen LogP contribution is -2.25. The molecule has 0 aromatic carbocycles. The summed E-state index contributed by atoms with van der Waals surface area (Å²) in [7, 11) is 0. The molecule has 1 aliphatic heterocycles. The molecule has 0 spiro atoms. The van der Waals surface area contributed by atoms with E-state index in [-0.39, 0.29) is 10.7 Å². The first-order valence-electron chi connectivity index (χ1n) is 2.86. The Bertz CT molecular complexity index is 118. The number of nitrogens with zero attached hydrogens (tertiary/aromatic N) is 1. The highest BCUT2D eigenvalue weighted by molar-refractivity contribution is 5.66. The van der Waals surface area contributed by atoms with Crippen LogP contribution in [0.5, 0.6) is 0 Å². The van der Waals surface area contributed by atoms with Crippen molar-refractivity contribution in [1.82, 2.24) is 0 Å². The fourth-order valence-corrected chi connectivity index (χ4v) is 0.740. The zero-order valence-corrected chi connectivity index (χ0v) is 5.18. The summed E-state index contributed by atoms with van der Waals surface area (Å²) in [6.07, 6.45) is -0.0880. The Kier molecular flexibility index (Phi) is 1.01. The molecule has 0 aromatic heterocycles. The quantitative estimate of drug-likeness (QED) is 0.396. The summed E-state index contributed by atoms with van der Waals surface area (Å²) in [5, 5.41) is 0. The zero-order valence-electron chi connectivity index (χ0n) is 5.18. The Morgan fingerprint density at radius 1 is 1.50 bits per heavy atom. The number of rotatable bonds is 2. The molecule has 8 heavy (non-hydrogen) atoms. The van der Waals surface area contributed by atoms with E-state index in [9.17, 15) is 4.79 Å². The van der Waals surface area contributed by atoms with Crippen LogP contribution in [0.4, 0.5) is 4.79 Å². The molecule has 0 atom stereocenters. The number of hydrogen-bond donors (Lipinski definition) is 0. The van der Waals surface area contributed by atoms with E-state index in [4.69, 9.17) is 4.84 Å². The highest BCUT2D eigenvalue weighted by atomic mass is 16.9. The molecule has 3 nitrogen and oxygen atoms in total. The highest BCUT2D eigenvalue weighted by Gasteiger charge is 2.59. The van der Waals surface area contributed by atoms with Gasteiger partial charge in [-0.05, 0) is 18.5 Å². The molecule has 0 aliphatic carbocycles. The monoisotopic (exact) mass is 116 g/mol. The van der Waals surface area contributed by atoms with Crippen molar-refractivity contribution < 1.29 is 14.3 Å². The van der Waals surface area contributed by atoms with Crippen LogP contribution in [-0.2, 0) is 4.84 Å². The van der Waals surface area contributed by atoms with E-state index in [0.29, 0.717) is 0 Å². The van der Waals surface area contributed by atoms with Gasteiger partial charge in [0.05, 0.1) is 0 Å². The third-order valence-corrected chi connectivity index (χ3v) is 1.57. The minimum Gasteiger partial charge on any atom is -0.201 e. The molecule has 0 saturated carbocycles. The van der Waals surface area contributed by atoms with Gasteiger partial charge in [-0.15, -0.1) is 0 Å². The van der Waals surface area contributed by atoms with Crippen LogP contribution >= 0.6 is 0 Å². The summed E-state index contributed by atoms with van der Waals surface area (Å²) >= 11 is 0. The van der Waals surface area contributed by atoms with Crippen LogP contribution in [0, 0.1) is 0 Å². The number of quaternary nitrogens is 1. The Morgan fingerprint density at radius 2 is 1.88 bits per heavy atom. The largest absolute Gasteiger partial charge is 0.609 e. The van der Waals surface area contributed by atoms with Gasteiger partial charge >= 0.3 is 6.09 Å². The van der Waals surface area contributed by atoms with Gasteiger partial charge in [-0.2, -0.15) is 4.79 Å². The number of hydrogen-bond acceptors (Lipinski definition) is 2. The Balaban J connectivity index is 2.52. The molecular formula is C5H10NO2+. The SMILES string of the molecule is CC[N+]1(CC)OC1=O. The van der Waals surface area contributed by atoms with Gasteiger partial charge in [0.25, 0.3) is 0 Å². The third kappa shape index (κ3) is 0.512. The van der Waals surface area contributed by atoms with Crippen molar-refractivity contribution in [3.05, 3.63) is 0 Å². The third-order valence-electron chi connectivity index (χ3n) is 1.57. The van der Waals surface area contributed by atoms with E-state index in [1.165, 1.54) is 0 Å². The second-order valence-corrected chi connectivity index (χ2v) is 1.88. The van der Waals surface area contributed by atoms with Crippen LogP contribution in [0.15, 0.2) is 0 Å². The lowest BCUT2D eigenvalue weighted by Gasteiger charge is -1.96. The lowest BCUT2D eigenvalue weighted by molar-refractivity contribution is -0.891. The van der Waals surface area contributed by atoms with Gasteiger partial charge in [0.15, 0.2) is 0 Å². The molecule has 0 aromatic rings. The Morgan fingerprint density at radius 3 is 1.88 bits per heavy atom. The topological polar surface area (TPSA) is 29.6 Å². The van der Waals surface area contributed by atoms with E-state index >= 15 is 0 Å². The summed E-state index contributed by atoms with van der Waals surface area (Å²) in [5.41, 5.74) is 0. The molecule has 0 unspecified atom stereocenters. The first-order valence-corrected chi connectivity index (χ1v) is 2.86. The van der Waals surface area contributed by atoms with E-state index in [2.05, 4.69) is 0 Å². The van der Waals surface area contributed by atoms with Gasteiger partial charge in [-0.3, -0.25) is 0 Å². The Labute approximate surface area is 48.4 Å². The fourth-order valence-electron chi connectivity index (χ4n) is 0.740. The van der Waals surface area contributed by atoms with Gasteiger partial charge in [-0.25, -0.2) is 4.84 Å². The predicted molar refractivity (Wildman–Crippen MR) is 27.8 cm³/mol. The smallest absolute Gasteiger partial charge is 0.201 e. The molecule has 1 heterocycles. The average Bonchev–Trinajstić information content (AvgIpc) is 2.43. The normalized spacial score (nSPS) is 22.5. The molecule has 0 N–H and O–H groups in total. The van der Waals surface area contributed by atoms with Crippen LogP contribution in [0.2, 0.25) is 0 Å². The maximum atomic E-state index is 10.4. The lowest BCUT2D eigenvalue weighted by atomic mass is 10.6. The van der Waals surface area contributed by atoms with Crippen molar-refractivity contribution in [1.29, 1.82) is 0 Å². The molecule has 1 saturated heterocycles. The van der Waals surface area contributed by atoms with Crippen LogP contribution in [0.25, 0.3) is 0 Å². The van der Waals surface area contributed by atoms with E-state index in [0.717, 1.165) is 13.1 Å². The first kappa shape index (κ1) is 5.56. The van der Waals surface area contributed by atoms with Gasteiger partial charge in [0.2, 0.25) is 0 Å². The van der Waals surface area contributed by atoms with Crippen molar-refractivity contribution in [3.63, 3.8) is 0 Å². The molecule has 0 bridgehead atoms. The maximum Gasteiger partial charge on any atom is 0.609 e. The number of carbonyl (C=O) groups is 1. The molecule has 1 amide bonds. The van der Waals surface area contributed by atoms with Crippen LogP contribution in [-0.4, -0.2) is 23.8 Å². The number of amides is 1. The van der Waals surface area contributed by atoms with Crippen LogP contribution in [0.1, 0.15) is 13.8 Å². The van der Waals surface area contributed by atoms with Crippen molar-refractivity contribution in [2.75, 3.05) is 13.1 Å². The number of hydroxylamine groups is 3. The molecule has 1 aliphatic rings. The van der Waals surface area contributed by atoms with Gasteiger partial charge in [0.1, 0.15) is 13.1 Å². The van der Waals surface area contributed by atoms with Crippen molar-refractivity contribution in [2.45, 2.75) is 13.8 Å². The first-order chi connectivity index (χ1) is 3.75. The van der Waals surface area contributed by atoms with E-state index in [1.807, 2.05) is 13.8 Å². The van der Waals surface area contributed by atoms with Gasteiger partial charge in [0, 0.05) is 0 Å². The predicted octanol–water partition coefficient (Wildman–Crippen LogP) is 0.908. The summed E-state index contributed by atoms with van der Waals surface area (Å²) in [5.74, 6) is 0. The van der Waals surface area contributed by atoms with Crippen molar-refractivity contribution in [3.8, 4) is 0 Å². The molecule has 3 heteroatoms.